The number of esters is 2. The number of carbonyl (C=O) groups is 3. The molecule has 0 spiro atoms. The van der Waals surface area contributed by atoms with E-state index in [4.69, 9.17) is 14.2 Å². The molecular weight excluding hydrogens is 580 g/mol. The van der Waals surface area contributed by atoms with Crippen LogP contribution in [0, 0.1) is 5.92 Å². The summed E-state index contributed by atoms with van der Waals surface area (Å²) in [6.45, 7) is 4.95. The van der Waals surface area contributed by atoms with E-state index in [0.29, 0.717) is 18.8 Å². The van der Waals surface area contributed by atoms with Crippen molar-refractivity contribution in [1.82, 2.24) is 5.32 Å². The third-order valence-corrected chi connectivity index (χ3v) is 7.74. The molecule has 4 N–H and O–H groups in total. The zero-order valence-electron chi connectivity index (χ0n) is 25.1. The van der Waals surface area contributed by atoms with Gasteiger partial charge < -0.3 is 37.7 Å². The number of unbranched alkanes of at least 4 members (excludes halogenated alkanes) is 1. The van der Waals surface area contributed by atoms with Crippen LogP contribution in [0.25, 0.3) is 11.1 Å². The van der Waals surface area contributed by atoms with E-state index in [0.717, 1.165) is 47.2 Å². The Labute approximate surface area is 265 Å². The molecule has 44 heavy (non-hydrogen) atoms. The fourth-order valence-corrected chi connectivity index (χ4v) is 5.51. The molecule has 0 radical (unpaired) electrons. The van der Waals surface area contributed by atoms with Crippen molar-refractivity contribution in [3.05, 3.63) is 102 Å². The monoisotopic (exact) mass is 620 g/mol. The number of fused-ring (bicyclic) bond motifs is 3. The van der Waals surface area contributed by atoms with Crippen LogP contribution < -0.4 is 28.2 Å². The minimum Gasteiger partial charge on any atom is -1.00 e. The number of ether oxygens (including phenoxy) is 3. The van der Waals surface area contributed by atoms with Crippen molar-refractivity contribution < 1.29 is 46.7 Å². The summed E-state index contributed by atoms with van der Waals surface area (Å²) >= 11 is 0. The third kappa shape index (κ3) is 8.94. The lowest BCUT2D eigenvalue weighted by Gasteiger charge is -2.22. The van der Waals surface area contributed by atoms with Crippen molar-refractivity contribution in [3.8, 4) is 16.9 Å². The molecule has 0 fully saturated rings. The lowest BCUT2D eigenvalue weighted by molar-refractivity contribution is -0.368. The first kappa shape index (κ1) is 34.4. The Balaban J connectivity index is 0.00000529. The highest BCUT2D eigenvalue weighted by atomic mass is 35.5. The van der Waals surface area contributed by atoms with Gasteiger partial charge in [-0.1, -0.05) is 73.3 Å². The van der Waals surface area contributed by atoms with Crippen LogP contribution in [0.15, 0.2) is 85.5 Å². The Morgan fingerprint density at radius 1 is 0.955 bits per heavy atom. The molecule has 9 heteroatoms. The first-order valence-electron chi connectivity index (χ1n) is 14.8. The molecular formula is C35H41ClN2O6. The van der Waals surface area contributed by atoms with Gasteiger partial charge in [0.25, 0.3) is 0 Å². The number of hydrogen-bond acceptors (Lipinski definition) is 6. The highest BCUT2D eigenvalue weighted by molar-refractivity contribution is 5.88. The van der Waals surface area contributed by atoms with Crippen LogP contribution in [0.5, 0.6) is 5.75 Å². The van der Waals surface area contributed by atoms with Crippen molar-refractivity contribution >= 4 is 17.8 Å². The van der Waals surface area contributed by atoms with Gasteiger partial charge >= 0.3 is 11.9 Å². The third-order valence-electron chi connectivity index (χ3n) is 7.74. The summed E-state index contributed by atoms with van der Waals surface area (Å²) in [5, 5.41) is 2.84. The minimum absolute atomic E-state index is 0. The van der Waals surface area contributed by atoms with Crippen LogP contribution in [-0.4, -0.2) is 50.8 Å². The quantitative estimate of drug-likeness (QED) is 0.141. The maximum atomic E-state index is 13.5. The fraction of sp³-hybridized carbons (Fsp3) is 0.343. The van der Waals surface area contributed by atoms with E-state index in [9.17, 15) is 14.4 Å². The zero-order chi connectivity index (χ0) is 30.6. The molecule has 3 aromatic carbocycles. The van der Waals surface area contributed by atoms with E-state index in [1.54, 1.807) is 18.2 Å². The van der Waals surface area contributed by atoms with Gasteiger partial charge in [0, 0.05) is 18.3 Å². The molecule has 0 aromatic heterocycles. The molecule has 1 amide bonds. The molecule has 4 rings (SSSR count). The van der Waals surface area contributed by atoms with Crippen LogP contribution in [0.2, 0.25) is 0 Å². The molecule has 0 bridgehead atoms. The van der Waals surface area contributed by atoms with Gasteiger partial charge in [0.15, 0.2) is 0 Å². The molecule has 0 unspecified atom stereocenters. The van der Waals surface area contributed by atoms with Gasteiger partial charge in [0.05, 0.1) is 20.1 Å². The maximum Gasteiger partial charge on any atom is 0.328 e. The highest BCUT2D eigenvalue weighted by Crippen LogP contribution is 2.44. The van der Waals surface area contributed by atoms with Crippen molar-refractivity contribution in [2.24, 2.45) is 5.92 Å². The number of methoxy groups -OCH3 is 1. The molecule has 1 aliphatic rings. The van der Waals surface area contributed by atoms with Gasteiger partial charge in [-0.05, 0) is 59.2 Å². The van der Waals surface area contributed by atoms with Gasteiger partial charge in [0.1, 0.15) is 25.0 Å². The summed E-state index contributed by atoms with van der Waals surface area (Å²) in [5.74, 6) is -1.41. The van der Waals surface area contributed by atoms with Gasteiger partial charge in [-0.25, -0.2) is 4.79 Å². The van der Waals surface area contributed by atoms with Crippen LogP contribution in [0.3, 0.4) is 0 Å². The van der Waals surface area contributed by atoms with Crippen LogP contribution in [-0.2, 0) is 30.3 Å². The lowest BCUT2D eigenvalue weighted by atomic mass is 9.95. The van der Waals surface area contributed by atoms with E-state index in [1.807, 2.05) is 36.4 Å². The second-order valence-electron chi connectivity index (χ2n) is 10.7. The first-order valence-corrected chi connectivity index (χ1v) is 14.8. The average molecular weight is 621 g/mol. The van der Waals surface area contributed by atoms with Crippen LogP contribution in [0.4, 0.5) is 0 Å². The number of amides is 1. The number of rotatable bonds is 16. The number of benzene rings is 3. The molecule has 1 aliphatic carbocycles. The summed E-state index contributed by atoms with van der Waals surface area (Å²) in [7, 11) is 1.29. The SMILES string of the molecule is C=CCOc1ccc(C[C@H](NC(=O)[C@H](CCCC[NH3+])CC(=O)OCC2c3ccccc3-c3ccccc32)C(=O)OC)cc1.[Cl-]. The molecule has 234 valence electrons. The van der Waals surface area contributed by atoms with Gasteiger partial charge in [0.2, 0.25) is 5.91 Å². The molecule has 0 saturated carbocycles. The summed E-state index contributed by atoms with van der Waals surface area (Å²) in [4.78, 5) is 39.2. The Kier molecular flexibility index (Phi) is 13.5. The second kappa shape index (κ2) is 17.2. The van der Waals surface area contributed by atoms with Crippen molar-refractivity contribution in [2.75, 3.05) is 26.9 Å². The zero-order valence-corrected chi connectivity index (χ0v) is 25.9. The number of nitrogens with one attached hydrogen (secondary N) is 1. The minimum atomic E-state index is -0.907. The summed E-state index contributed by atoms with van der Waals surface area (Å²) in [5.41, 5.74) is 9.26. The number of halogens is 1. The predicted octanol–water partition coefficient (Wildman–Crippen LogP) is 1.23. The number of quaternary nitrogens is 1. The van der Waals surface area contributed by atoms with E-state index in [-0.39, 0.29) is 43.7 Å². The summed E-state index contributed by atoms with van der Waals surface area (Å²) in [6.07, 6.45) is 3.85. The Morgan fingerprint density at radius 3 is 2.18 bits per heavy atom. The predicted molar refractivity (Wildman–Crippen MR) is 164 cm³/mol. The number of hydrogen-bond donors (Lipinski definition) is 2. The molecule has 8 nitrogen and oxygen atoms in total. The lowest BCUT2D eigenvalue weighted by Crippen LogP contribution is -3.00. The van der Waals surface area contributed by atoms with E-state index in [1.165, 1.54) is 7.11 Å². The first-order chi connectivity index (χ1) is 20.9. The van der Waals surface area contributed by atoms with Crippen LogP contribution >= 0.6 is 0 Å². The number of carbonyl (C=O) groups excluding carboxylic acids is 3. The smallest absolute Gasteiger partial charge is 0.328 e. The van der Waals surface area contributed by atoms with Gasteiger partial charge in [-0.2, -0.15) is 0 Å². The molecule has 0 aliphatic heterocycles. The molecule has 2 atom stereocenters. The standard InChI is InChI=1S/C35H40N2O6.ClH/c1-3-20-42-26-17-15-24(16-18-26)21-32(35(40)41-2)37-34(39)25(10-8-9-19-36)22-33(38)43-23-31-29-13-6-4-11-27(29)28-12-5-7-14-30(28)31;/h3-7,11-18,25,31-32H,1,8-10,19-23,36H2,2H3,(H,37,39);1H/t25-,32+;/m1./s1. The highest BCUT2D eigenvalue weighted by Gasteiger charge is 2.31. The van der Waals surface area contributed by atoms with Crippen molar-refractivity contribution in [3.63, 3.8) is 0 Å². The normalized spacial score (nSPS) is 13.0. The van der Waals surface area contributed by atoms with Crippen molar-refractivity contribution in [1.29, 1.82) is 0 Å². The van der Waals surface area contributed by atoms with E-state index in [2.05, 4.69) is 41.9 Å². The van der Waals surface area contributed by atoms with Crippen LogP contribution in [0.1, 0.15) is 48.3 Å². The van der Waals surface area contributed by atoms with E-state index >= 15 is 0 Å². The van der Waals surface area contributed by atoms with Gasteiger partial charge in [-0.15, -0.1) is 0 Å². The maximum absolute atomic E-state index is 13.5. The topological polar surface area (TPSA) is 119 Å². The van der Waals surface area contributed by atoms with E-state index < -0.39 is 23.9 Å². The molecule has 0 saturated heterocycles. The Morgan fingerprint density at radius 2 is 1.59 bits per heavy atom. The largest absolute Gasteiger partial charge is 1.00 e. The molecule has 0 heterocycles. The molecule has 3 aromatic rings. The summed E-state index contributed by atoms with van der Waals surface area (Å²) in [6, 6.07) is 22.7. The average Bonchev–Trinajstić information content (AvgIpc) is 3.35. The Hall–Kier alpha value is -4.14. The fourth-order valence-electron chi connectivity index (χ4n) is 5.51. The second-order valence-corrected chi connectivity index (χ2v) is 10.7. The summed E-state index contributed by atoms with van der Waals surface area (Å²) < 4.78 is 16.3. The van der Waals surface area contributed by atoms with Crippen molar-refractivity contribution in [2.45, 2.75) is 44.1 Å². The Bertz CT molecular complexity index is 1360. The van der Waals surface area contributed by atoms with Gasteiger partial charge in [-0.3, -0.25) is 9.59 Å².